The molecule has 8 heteroatoms. The quantitative estimate of drug-likeness (QED) is 0.658. The van der Waals surface area contributed by atoms with Crippen LogP contribution in [0, 0.1) is 0 Å². The zero-order chi connectivity index (χ0) is 12.9. The molecule has 0 bridgehead atoms. The van der Waals surface area contributed by atoms with Crippen molar-refractivity contribution >= 4 is 19.9 Å². The highest BCUT2D eigenvalue weighted by atomic mass is 32.2. The van der Waals surface area contributed by atoms with E-state index in [4.69, 9.17) is 0 Å². The van der Waals surface area contributed by atoms with Crippen LogP contribution >= 0.6 is 0 Å². The van der Waals surface area contributed by atoms with Crippen LogP contribution in [0.15, 0.2) is 0 Å². The highest BCUT2D eigenvalue weighted by molar-refractivity contribution is 7.91. The molecule has 0 atom stereocenters. The fourth-order valence-corrected chi connectivity index (χ4v) is 4.53. The third-order valence-corrected chi connectivity index (χ3v) is 6.28. The number of rotatable bonds is 5. The van der Waals surface area contributed by atoms with Crippen molar-refractivity contribution in [2.24, 2.45) is 0 Å². The van der Waals surface area contributed by atoms with E-state index in [-0.39, 0.29) is 23.8 Å². The van der Waals surface area contributed by atoms with E-state index in [9.17, 15) is 16.8 Å². The van der Waals surface area contributed by atoms with Crippen molar-refractivity contribution in [3.8, 4) is 0 Å². The lowest BCUT2D eigenvalue weighted by Crippen LogP contribution is -2.38. The van der Waals surface area contributed by atoms with Crippen molar-refractivity contribution in [1.82, 2.24) is 9.62 Å². The molecule has 0 radical (unpaired) electrons. The Morgan fingerprint density at radius 1 is 1.24 bits per heavy atom. The van der Waals surface area contributed by atoms with E-state index >= 15 is 0 Å². The first-order valence-electron chi connectivity index (χ1n) is 5.76. The Hall–Kier alpha value is -0.180. The van der Waals surface area contributed by atoms with Crippen LogP contribution in [0.1, 0.15) is 13.3 Å². The van der Waals surface area contributed by atoms with Gasteiger partial charge in [-0.05, 0) is 13.0 Å². The maximum atomic E-state index is 11.9. The average molecular weight is 284 g/mol. The average Bonchev–Trinajstić information content (AvgIpc) is 2.40. The minimum atomic E-state index is -3.32. The van der Waals surface area contributed by atoms with Crippen molar-refractivity contribution in [2.45, 2.75) is 13.3 Å². The van der Waals surface area contributed by atoms with Crippen molar-refractivity contribution < 1.29 is 16.8 Å². The maximum Gasteiger partial charge on any atom is 0.215 e. The number of nitrogens with zero attached hydrogens (tertiary/aromatic N) is 1. The number of sulfone groups is 1. The lowest BCUT2D eigenvalue weighted by Gasteiger charge is -2.19. The van der Waals surface area contributed by atoms with Gasteiger partial charge in [0.1, 0.15) is 0 Å². The summed E-state index contributed by atoms with van der Waals surface area (Å²) in [7, 11) is -6.38. The molecule has 0 aromatic carbocycles. The van der Waals surface area contributed by atoms with Gasteiger partial charge in [0.25, 0.3) is 0 Å². The Kier molecular flexibility index (Phi) is 5.36. The minimum absolute atomic E-state index is 0.0287. The second-order valence-electron chi connectivity index (χ2n) is 4.07. The maximum absolute atomic E-state index is 11.9. The van der Waals surface area contributed by atoms with Gasteiger partial charge in [-0.2, -0.15) is 0 Å². The molecule has 1 heterocycles. The second-order valence-corrected chi connectivity index (χ2v) is 8.47. The normalized spacial score (nSPS) is 22.2. The first-order chi connectivity index (χ1) is 7.87. The molecule has 0 aromatic rings. The fraction of sp³-hybridized carbons (Fsp3) is 1.00. The summed E-state index contributed by atoms with van der Waals surface area (Å²) in [6, 6.07) is 0. The van der Waals surface area contributed by atoms with E-state index in [2.05, 4.69) is 5.32 Å². The second kappa shape index (κ2) is 6.12. The molecule has 0 amide bonds. The van der Waals surface area contributed by atoms with Crippen LogP contribution in [0.5, 0.6) is 0 Å². The first-order valence-corrected chi connectivity index (χ1v) is 9.19. The molecule has 17 heavy (non-hydrogen) atoms. The van der Waals surface area contributed by atoms with Crippen LogP contribution in [0.25, 0.3) is 0 Å². The molecule has 1 N–H and O–H groups in total. The van der Waals surface area contributed by atoms with Crippen molar-refractivity contribution in [3.63, 3.8) is 0 Å². The van der Waals surface area contributed by atoms with Gasteiger partial charge in [-0.25, -0.2) is 21.1 Å². The summed E-state index contributed by atoms with van der Waals surface area (Å²) in [4.78, 5) is 0. The summed E-state index contributed by atoms with van der Waals surface area (Å²) in [5.74, 6) is 0.0561. The van der Waals surface area contributed by atoms with Gasteiger partial charge in [0.2, 0.25) is 10.0 Å². The van der Waals surface area contributed by atoms with E-state index in [1.54, 1.807) is 0 Å². The number of nitrogens with one attached hydrogen (secondary N) is 1. The molecule has 1 fully saturated rings. The third kappa shape index (κ3) is 4.90. The predicted octanol–water partition coefficient (Wildman–Crippen LogP) is -0.954. The molecular weight excluding hydrogens is 264 g/mol. The molecule has 0 unspecified atom stereocenters. The minimum Gasteiger partial charge on any atom is -0.316 e. The molecule has 0 spiro atoms. The van der Waals surface area contributed by atoms with Crippen LogP contribution in [0.4, 0.5) is 0 Å². The van der Waals surface area contributed by atoms with Gasteiger partial charge in [-0.3, -0.25) is 0 Å². The van der Waals surface area contributed by atoms with Gasteiger partial charge >= 0.3 is 0 Å². The SMILES string of the molecule is CCNCCS(=O)(=O)N1CCCS(=O)(=O)CC1. The molecule has 0 aliphatic carbocycles. The smallest absolute Gasteiger partial charge is 0.215 e. The van der Waals surface area contributed by atoms with Crippen LogP contribution in [-0.4, -0.2) is 64.6 Å². The zero-order valence-electron chi connectivity index (χ0n) is 10.1. The Morgan fingerprint density at radius 3 is 2.59 bits per heavy atom. The molecule has 1 saturated heterocycles. The van der Waals surface area contributed by atoms with E-state index < -0.39 is 19.9 Å². The monoisotopic (exact) mass is 284 g/mol. The fourth-order valence-electron chi connectivity index (χ4n) is 1.70. The number of sulfonamides is 1. The standard InChI is InChI=1S/C9H20N2O4S2/c1-2-10-4-8-17(14,15)11-5-3-7-16(12,13)9-6-11/h10H,2-9H2,1H3. The van der Waals surface area contributed by atoms with E-state index in [0.29, 0.717) is 19.5 Å². The van der Waals surface area contributed by atoms with Crippen LogP contribution in [-0.2, 0) is 19.9 Å². The van der Waals surface area contributed by atoms with Gasteiger partial charge in [0, 0.05) is 19.6 Å². The van der Waals surface area contributed by atoms with Crippen LogP contribution in [0.3, 0.4) is 0 Å². The Balaban J connectivity index is 2.60. The Bertz CT molecular complexity index is 430. The predicted molar refractivity (Wildman–Crippen MR) is 67.2 cm³/mol. The summed E-state index contributed by atoms with van der Waals surface area (Å²) in [6.07, 6.45) is 0.392. The molecule has 0 aromatic heterocycles. The Labute approximate surface area is 103 Å². The van der Waals surface area contributed by atoms with Crippen molar-refractivity contribution in [1.29, 1.82) is 0 Å². The van der Waals surface area contributed by atoms with Gasteiger partial charge in [0.05, 0.1) is 17.3 Å². The van der Waals surface area contributed by atoms with Gasteiger partial charge < -0.3 is 5.32 Å². The summed E-state index contributed by atoms with van der Waals surface area (Å²) in [5.41, 5.74) is 0. The molecule has 0 saturated carbocycles. The molecule has 1 aliphatic heterocycles. The van der Waals surface area contributed by atoms with Crippen LogP contribution in [0.2, 0.25) is 0 Å². The van der Waals surface area contributed by atoms with Gasteiger partial charge in [-0.15, -0.1) is 0 Å². The van der Waals surface area contributed by atoms with Crippen molar-refractivity contribution in [2.75, 3.05) is 43.4 Å². The lowest BCUT2D eigenvalue weighted by atomic mass is 10.5. The van der Waals surface area contributed by atoms with Gasteiger partial charge in [0.15, 0.2) is 9.84 Å². The number of hydrogen-bond donors (Lipinski definition) is 1. The zero-order valence-corrected chi connectivity index (χ0v) is 11.7. The van der Waals surface area contributed by atoms with E-state index in [1.165, 1.54) is 4.31 Å². The molecule has 1 aliphatic rings. The highest BCUT2D eigenvalue weighted by Crippen LogP contribution is 2.09. The lowest BCUT2D eigenvalue weighted by molar-refractivity contribution is 0.434. The van der Waals surface area contributed by atoms with Crippen LogP contribution < -0.4 is 5.32 Å². The largest absolute Gasteiger partial charge is 0.316 e. The summed E-state index contributed by atoms with van der Waals surface area (Å²) in [6.45, 7) is 3.45. The Morgan fingerprint density at radius 2 is 1.94 bits per heavy atom. The molecular formula is C9H20N2O4S2. The molecule has 102 valence electrons. The van der Waals surface area contributed by atoms with E-state index in [1.807, 2.05) is 6.92 Å². The van der Waals surface area contributed by atoms with E-state index in [0.717, 1.165) is 6.54 Å². The summed E-state index contributed by atoms with van der Waals surface area (Å²) >= 11 is 0. The molecule has 6 nitrogen and oxygen atoms in total. The summed E-state index contributed by atoms with van der Waals surface area (Å²) < 4.78 is 47.9. The topological polar surface area (TPSA) is 83.6 Å². The summed E-state index contributed by atoms with van der Waals surface area (Å²) in [5, 5.41) is 2.95. The molecule has 1 rings (SSSR count). The van der Waals surface area contributed by atoms with Gasteiger partial charge in [-0.1, -0.05) is 6.92 Å². The number of hydrogen-bond acceptors (Lipinski definition) is 5. The first kappa shape index (κ1) is 14.9. The highest BCUT2D eigenvalue weighted by Gasteiger charge is 2.26. The third-order valence-electron chi connectivity index (χ3n) is 2.69. The van der Waals surface area contributed by atoms with Crippen molar-refractivity contribution in [3.05, 3.63) is 0 Å².